The van der Waals surface area contributed by atoms with E-state index in [1.807, 2.05) is 6.92 Å². The van der Waals surface area contributed by atoms with Crippen LogP contribution in [0.25, 0.3) is 5.53 Å². The van der Waals surface area contributed by atoms with Crippen LogP contribution >= 0.6 is 0 Å². The van der Waals surface area contributed by atoms with Crippen LogP contribution in [0.5, 0.6) is 0 Å². The van der Waals surface area contributed by atoms with Gasteiger partial charge in [0.05, 0.1) is 4.90 Å². The highest BCUT2D eigenvalue weighted by Crippen LogP contribution is 2.17. The second-order valence-corrected chi connectivity index (χ2v) is 5.98. The highest BCUT2D eigenvalue weighted by atomic mass is 32.2. The lowest BCUT2D eigenvalue weighted by molar-refractivity contribution is -0.119. The van der Waals surface area contributed by atoms with Crippen LogP contribution < -0.4 is 0 Å². The van der Waals surface area contributed by atoms with E-state index in [1.165, 1.54) is 26.0 Å². The molecule has 0 N–H and O–H groups in total. The number of carbonyl (C=O) groups is 1. The smallest absolute Gasteiger partial charge is 0.360 e. The Hall–Kier alpha value is -1.78. The van der Waals surface area contributed by atoms with Gasteiger partial charge < -0.3 is 5.53 Å². The molecule has 1 unspecified atom stereocenters. The number of hydrogen-bond donors (Lipinski definition) is 0. The van der Waals surface area contributed by atoms with E-state index in [4.69, 9.17) is 5.53 Å². The van der Waals surface area contributed by atoms with Gasteiger partial charge >= 0.3 is 5.04 Å². The Morgan fingerprint density at radius 3 is 2.17 bits per heavy atom. The van der Waals surface area contributed by atoms with Gasteiger partial charge in [-0.3, -0.25) is 4.79 Å². The SMILES string of the molecule is CC(=O)C(C)C(=[N+]=[N-])S(=O)(=O)c1ccc(C)cc1. The summed E-state index contributed by atoms with van der Waals surface area (Å²) in [4.78, 5) is 14.0. The zero-order valence-corrected chi connectivity index (χ0v) is 11.2. The quantitative estimate of drug-likeness (QED) is 0.360. The van der Waals surface area contributed by atoms with Gasteiger partial charge in [0, 0.05) is 0 Å². The van der Waals surface area contributed by atoms with Crippen LogP contribution in [-0.4, -0.2) is 24.0 Å². The molecule has 6 heteroatoms. The maximum atomic E-state index is 12.2. The number of hydrogen-bond acceptors (Lipinski definition) is 3. The first-order valence-corrected chi connectivity index (χ1v) is 6.83. The van der Waals surface area contributed by atoms with Gasteiger partial charge in [-0.1, -0.05) is 17.7 Å². The Kier molecular flexibility index (Phi) is 4.16. The van der Waals surface area contributed by atoms with E-state index in [0.717, 1.165) is 5.56 Å². The van der Waals surface area contributed by atoms with Crippen molar-refractivity contribution in [3.63, 3.8) is 0 Å². The lowest BCUT2D eigenvalue weighted by Crippen LogP contribution is -2.28. The van der Waals surface area contributed by atoms with Gasteiger partial charge in [0.15, 0.2) is 0 Å². The van der Waals surface area contributed by atoms with E-state index >= 15 is 0 Å². The number of benzene rings is 1. The molecule has 0 aliphatic heterocycles. The molecule has 1 aromatic rings. The van der Waals surface area contributed by atoms with E-state index in [1.54, 1.807) is 12.1 Å². The number of aryl methyl sites for hydroxylation is 1. The maximum absolute atomic E-state index is 12.2. The summed E-state index contributed by atoms with van der Waals surface area (Å²) < 4.78 is 24.4. The molecule has 0 saturated carbocycles. The molecule has 0 aromatic heterocycles. The Morgan fingerprint density at radius 1 is 1.28 bits per heavy atom. The van der Waals surface area contributed by atoms with Gasteiger partial charge in [0.1, 0.15) is 11.7 Å². The molecule has 0 aliphatic carbocycles. The molecule has 0 amide bonds. The molecule has 0 aliphatic rings. The number of rotatable bonds is 3. The summed E-state index contributed by atoms with van der Waals surface area (Å²) in [6.07, 6.45) is 0. The summed E-state index contributed by atoms with van der Waals surface area (Å²) in [5, 5.41) is -0.529. The lowest BCUT2D eigenvalue weighted by atomic mass is 10.1. The molecule has 0 heterocycles. The lowest BCUT2D eigenvalue weighted by Gasteiger charge is -2.04. The summed E-state index contributed by atoms with van der Waals surface area (Å²) in [6, 6.07) is 6.12. The third kappa shape index (κ3) is 2.72. The predicted molar refractivity (Wildman–Crippen MR) is 66.8 cm³/mol. The van der Waals surface area contributed by atoms with E-state index in [9.17, 15) is 13.2 Å². The first-order valence-electron chi connectivity index (χ1n) is 5.35. The van der Waals surface area contributed by atoms with Gasteiger partial charge in [-0.15, -0.1) is 0 Å². The third-order valence-corrected chi connectivity index (χ3v) is 4.56. The highest BCUT2D eigenvalue weighted by Gasteiger charge is 2.37. The van der Waals surface area contributed by atoms with Crippen molar-refractivity contribution in [3.8, 4) is 0 Å². The Balaban J connectivity index is 3.33. The van der Waals surface area contributed by atoms with Crippen molar-refractivity contribution in [3.05, 3.63) is 35.4 Å². The molecule has 1 rings (SSSR count). The highest BCUT2D eigenvalue weighted by molar-refractivity contribution is 8.06. The van der Waals surface area contributed by atoms with Crippen molar-refractivity contribution < 1.29 is 18.0 Å². The Morgan fingerprint density at radius 2 is 1.78 bits per heavy atom. The molecular weight excluding hydrogens is 252 g/mol. The summed E-state index contributed by atoms with van der Waals surface area (Å²) in [7, 11) is -3.93. The van der Waals surface area contributed by atoms with Crippen molar-refractivity contribution in [2.24, 2.45) is 5.92 Å². The molecule has 1 aromatic carbocycles. The van der Waals surface area contributed by atoms with Crippen LogP contribution in [0.3, 0.4) is 0 Å². The van der Waals surface area contributed by atoms with Crippen molar-refractivity contribution >= 4 is 20.7 Å². The van der Waals surface area contributed by atoms with Crippen LogP contribution in [0.1, 0.15) is 19.4 Å². The van der Waals surface area contributed by atoms with Gasteiger partial charge in [-0.25, -0.2) is 8.42 Å². The van der Waals surface area contributed by atoms with Gasteiger partial charge in [-0.2, -0.15) is 4.79 Å². The number of carbonyl (C=O) groups excluding carboxylic acids is 1. The van der Waals surface area contributed by atoms with E-state index in [-0.39, 0.29) is 10.7 Å². The topological polar surface area (TPSA) is 87.6 Å². The maximum Gasteiger partial charge on any atom is 0.395 e. The zero-order valence-electron chi connectivity index (χ0n) is 10.4. The minimum absolute atomic E-state index is 0.00833. The minimum Gasteiger partial charge on any atom is -0.360 e. The molecule has 0 saturated heterocycles. The second-order valence-electron chi connectivity index (χ2n) is 4.09. The van der Waals surface area contributed by atoms with Crippen molar-refractivity contribution in [2.75, 3.05) is 0 Å². The fourth-order valence-electron chi connectivity index (χ4n) is 1.39. The van der Waals surface area contributed by atoms with Crippen LogP contribution in [0.15, 0.2) is 29.2 Å². The summed E-state index contributed by atoms with van der Waals surface area (Å²) in [6.45, 7) is 4.47. The van der Waals surface area contributed by atoms with Gasteiger partial charge in [-0.05, 0) is 32.9 Å². The normalized spacial score (nSPS) is 12.6. The molecule has 5 nitrogen and oxygen atoms in total. The molecule has 0 radical (unpaired) electrons. The predicted octanol–water partition coefficient (Wildman–Crippen LogP) is 1.62. The molecule has 1 atom stereocenters. The van der Waals surface area contributed by atoms with E-state index in [2.05, 4.69) is 4.79 Å². The minimum atomic E-state index is -3.93. The molecule has 0 spiro atoms. The van der Waals surface area contributed by atoms with Gasteiger partial charge in [0.25, 0.3) is 9.84 Å². The van der Waals surface area contributed by atoms with Crippen molar-refractivity contribution in [2.45, 2.75) is 25.7 Å². The molecular formula is C12H14N2O3S. The molecule has 96 valence electrons. The standard InChI is InChI=1S/C12H14N2O3S/c1-8-4-6-11(7-5-8)18(16,17)12(14-13)9(2)10(3)15/h4-7,9H,1-3H3. The summed E-state index contributed by atoms with van der Waals surface area (Å²) >= 11 is 0. The monoisotopic (exact) mass is 266 g/mol. The first kappa shape index (κ1) is 14.3. The first-order chi connectivity index (χ1) is 8.30. The number of Topliss-reactive ketones (excluding diaryl/α,β-unsaturated/α-hetero) is 1. The summed E-state index contributed by atoms with van der Waals surface area (Å²) in [5.41, 5.74) is 9.77. The van der Waals surface area contributed by atoms with E-state index < -0.39 is 20.8 Å². The average molecular weight is 266 g/mol. The number of nitrogens with zero attached hydrogens (tertiary/aromatic N) is 2. The van der Waals surface area contributed by atoms with Crippen LogP contribution in [0, 0.1) is 12.8 Å². The molecule has 0 bridgehead atoms. The van der Waals surface area contributed by atoms with E-state index in [0.29, 0.717) is 0 Å². The average Bonchev–Trinajstić information content (AvgIpc) is 2.29. The van der Waals surface area contributed by atoms with Crippen LogP contribution in [0.4, 0.5) is 0 Å². The Bertz CT molecular complexity index is 611. The van der Waals surface area contributed by atoms with Crippen molar-refractivity contribution in [1.29, 1.82) is 0 Å². The van der Waals surface area contributed by atoms with Gasteiger partial charge in [0.2, 0.25) is 0 Å². The third-order valence-electron chi connectivity index (χ3n) is 2.69. The van der Waals surface area contributed by atoms with Crippen LogP contribution in [-0.2, 0) is 14.6 Å². The Labute approximate surface area is 106 Å². The largest absolute Gasteiger partial charge is 0.395 e. The fourth-order valence-corrected chi connectivity index (χ4v) is 2.86. The number of sulfone groups is 1. The fraction of sp³-hybridized carbons (Fsp3) is 0.333. The molecule has 0 fully saturated rings. The zero-order chi connectivity index (χ0) is 13.9. The number of ketones is 1. The summed E-state index contributed by atoms with van der Waals surface area (Å²) in [5.74, 6) is -1.35. The second kappa shape index (κ2) is 5.25. The van der Waals surface area contributed by atoms with Crippen molar-refractivity contribution in [1.82, 2.24) is 0 Å². The van der Waals surface area contributed by atoms with Crippen LogP contribution in [0.2, 0.25) is 0 Å². The molecule has 18 heavy (non-hydrogen) atoms.